The summed E-state index contributed by atoms with van der Waals surface area (Å²) in [4.78, 5) is 2.43. The van der Waals surface area contributed by atoms with E-state index in [-0.39, 0.29) is 11.0 Å². The first kappa shape index (κ1) is 19.9. The van der Waals surface area contributed by atoms with E-state index < -0.39 is 10.0 Å². The Hall–Kier alpha value is -2.80. The van der Waals surface area contributed by atoms with Crippen LogP contribution >= 0.6 is 0 Å². The number of aryl methyl sites for hydroxylation is 1. The predicted molar refractivity (Wildman–Crippen MR) is 112 cm³/mol. The van der Waals surface area contributed by atoms with Crippen molar-refractivity contribution in [2.24, 2.45) is 5.10 Å². The van der Waals surface area contributed by atoms with Crippen LogP contribution in [0, 0.1) is 6.92 Å². The zero-order chi connectivity index (χ0) is 20.3. The maximum atomic E-state index is 12.5. The van der Waals surface area contributed by atoms with Gasteiger partial charge in [0.1, 0.15) is 5.75 Å². The largest absolute Gasteiger partial charge is 0.491 e. The predicted octanol–water partition coefficient (Wildman–Crippen LogP) is 4.07. The van der Waals surface area contributed by atoms with Crippen LogP contribution in [0.1, 0.15) is 32.0 Å². The number of benzene rings is 2. The highest BCUT2D eigenvalue weighted by molar-refractivity contribution is 7.89. The van der Waals surface area contributed by atoms with Crippen molar-refractivity contribution >= 4 is 27.1 Å². The van der Waals surface area contributed by atoms with Crippen LogP contribution in [0.25, 0.3) is 10.9 Å². The zero-order valence-electron chi connectivity index (χ0n) is 16.5. The highest BCUT2D eigenvalue weighted by atomic mass is 32.2. The summed E-state index contributed by atoms with van der Waals surface area (Å²) in [7, 11) is -3.75. The fraction of sp³-hybridized carbons (Fsp3) is 0.286. The molecule has 6 nitrogen and oxygen atoms in total. The third kappa shape index (κ3) is 4.04. The minimum atomic E-state index is -3.75. The van der Waals surface area contributed by atoms with Gasteiger partial charge in [-0.25, -0.2) is 4.83 Å². The molecule has 0 saturated carbocycles. The molecule has 1 heterocycles. The average Bonchev–Trinajstić information content (AvgIpc) is 2.93. The van der Waals surface area contributed by atoms with Gasteiger partial charge in [0.2, 0.25) is 0 Å². The van der Waals surface area contributed by atoms with Crippen molar-refractivity contribution < 1.29 is 13.2 Å². The fourth-order valence-electron chi connectivity index (χ4n) is 3.21. The van der Waals surface area contributed by atoms with Crippen molar-refractivity contribution in [3.05, 3.63) is 59.8 Å². The lowest BCUT2D eigenvalue weighted by Crippen LogP contribution is -2.18. The van der Waals surface area contributed by atoms with E-state index in [4.69, 9.17) is 4.74 Å². The van der Waals surface area contributed by atoms with Crippen LogP contribution in [0.4, 0.5) is 0 Å². The number of ether oxygens (including phenoxy) is 1. The van der Waals surface area contributed by atoms with Crippen LogP contribution in [-0.2, 0) is 16.6 Å². The van der Waals surface area contributed by atoms with Gasteiger partial charge in [0, 0.05) is 28.7 Å². The summed E-state index contributed by atoms with van der Waals surface area (Å²) in [5.41, 5.74) is 3.05. The Morgan fingerprint density at radius 2 is 1.82 bits per heavy atom. The van der Waals surface area contributed by atoms with Crippen LogP contribution in [0.15, 0.2) is 58.5 Å². The van der Waals surface area contributed by atoms with E-state index in [0.29, 0.717) is 5.75 Å². The third-order valence-electron chi connectivity index (χ3n) is 4.47. The number of rotatable bonds is 7. The number of aromatic nitrogens is 1. The molecule has 3 aromatic rings. The Kier molecular flexibility index (Phi) is 5.74. The molecule has 1 N–H and O–H groups in total. The molecule has 0 radical (unpaired) electrons. The Morgan fingerprint density at radius 1 is 1.14 bits per heavy atom. The van der Waals surface area contributed by atoms with Crippen molar-refractivity contribution in [2.75, 3.05) is 0 Å². The van der Waals surface area contributed by atoms with E-state index in [1.54, 1.807) is 18.3 Å². The molecular weight excluding hydrogens is 374 g/mol. The Balaban J connectivity index is 1.82. The van der Waals surface area contributed by atoms with Gasteiger partial charge in [0.15, 0.2) is 0 Å². The SMILES string of the molecule is CCn1c(C)c(/C=N/NS(=O)(=O)c2ccc(OC(C)C)cc2)c2ccccc21. The van der Waals surface area contributed by atoms with Crippen molar-refractivity contribution in [3.8, 4) is 5.75 Å². The van der Waals surface area contributed by atoms with Crippen LogP contribution in [-0.4, -0.2) is 25.3 Å². The van der Waals surface area contributed by atoms with E-state index >= 15 is 0 Å². The van der Waals surface area contributed by atoms with Gasteiger partial charge >= 0.3 is 0 Å². The Labute approximate surface area is 165 Å². The number of hydrogen-bond acceptors (Lipinski definition) is 4. The summed E-state index contributed by atoms with van der Waals surface area (Å²) in [5.74, 6) is 0.625. The molecule has 0 aliphatic heterocycles. The molecule has 0 atom stereocenters. The molecule has 0 aliphatic carbocycles. The number of hydrazone groups is 1. The van der Waals surface area contributed by atoms with Crippen LogP contribution < -0.4 is 9.57 Å². The van der Waals surface area contributed by atoms with E-state index in [0.717, 1.165) is 28.7 Å². The van der Waals surface area contributed by atoms with Gasteiger partial charge in [-0.05, 0) is 58.0 Å². The molecule has 1 aromatic heterocycles. The lowest BCUT2D eigenvalue weighted by molar-refractivity contribution is 0.242. The zero-order valence-corrected chi connectivity index (χ0v) is 17.3. The molecule has 0 spiro atoms. The summed E-state index contributed by atoms with van der Waals surface area (Å²) < 4.78 is 32.7. The second-order valence-corrected chi connectivity index (χ2v) is 8.41. The highest BCUT2D eigenvalue weighted by Crippen LogP contribution is 2.24. The minimum Gasteiger partial charge on any atom is -0.491 e. The van der Waals surface area contributed by atoms with Crippen LogP contribution in [0.3, 0.4) is 0 Å². The number of para-hydroxylation sites is 1. The first-order chi connectivity index (χ1) is 13.3. The second kappa shape index (κ2) is 8.06. The van der Waals surface area contributed by atoms with Crippen molar-refractivity contribution in [1.82, 2.24) is 9.40 Å². The number of hydrogen-bond donors (Lipinski definition) is 1. The summed E-state index contributed by atoms with van der Waals surface area (Å²) >= 11 is 0. The van der Waals surface area contributed by atoms with Crippen molar-refractivity contribution in [3.63, 3.8) is 0 Å². The molecule has 0 amide bonds. The number of nitrogens with zero attached hydrogens (tertiary/aromatic N) is 2. The topological polar surface area (TPSA) is 72.7 Å². The number of fused-ring (bicyclic) bond motifs is 1. The van der Waals surface area contributed by atoms with E-state index in [1.165, 1.54) is 12.1 Å². The molecular formula is C21H25N3O3S. The van der Waals surface area contributed by atoms with Crippen LogP contribution in [0.2, 0.25) is 0 Å². The highest BCUT2D eigenvalue weighted by Gasteiger charge is 2.14. The standard InChI is InChI=1S/C21H25N3O3S/c1-5-24-16(4)20(19-8-6-7-9-21(19)24)14-22-23-28(25,26)18-12-10-17(11-13-18)27-15(2)3/h6-15,23H,5H2,1-4H3/b22-14+. The number of sulfonamides is 1. The van der Waals surface area contributed by atoms with Gasteiger partial charge in [-0.2, -0.15) is 13.5 Å². The molecule has 2 aromatic carbocycles. The van der Waals surface area contributed by atoms with E-state index in [9.17, 15) is 8.42 Å². The lowest BCUT2D eigenvalue weighted by atomic mass is 10.1. The lowest BCUT2D eigenvalue weighted by Gasteiger charge is -2.10. The summed E-state index contributed by atoms with van der Waals surface area (Å²) in [5, 5.41) is 5.05. The Morgan fingerprint density at radius 3 is 2.46 bits per heavy atom. The molecule has 7 heteroatoms. The van der Waals surface area contributed by atoms with E-state index in [2.05, 4.69) is 21.4 Å². The van der Waals surface area contributed by atoms with Gasteiger partial charge in [-0.15, -0.1) is 0 Å². The number of nitrogens with one attached hydrogen (secondary N) is 1. The van der Waals surface area contributed by atoms with Crippen LogP contribution in [0.5, 0.6) is 5.75 Å². The van der Waals surface area contributed by atoms with Gasteiger partial charge in [-0.1, -0.05) is 18.2 Å². The minimum absolute atomic E-state index is 0.0265. The average molecular weight is 400 g/mol. The third-order valence-corrected chi connectivity index (χ3v) is 5.71. The first-order valence-electron chi connectivity index (χ1n) is 9.23. The maximum Gasteiger partial charge on any atom is 0.276 e. The maximum absolute atomic E-state index is 12.5. The Bertz CT molecular complexity index is 1100. The molecule has 0 unspecified atom stereocenters. The molecule has 0 saturated heterocycles. The fourth-order valence-corrected chi connectivity index (χ4v) is 4.00. The van der Waals surface area contributed by atoms with Gasteiger partial charge in [0.05, 0.1) is 17.2 Å². The second-order valence-electron chi connectivity index (χ2n) is 6.75. The van der Waals surface area contributed by atoms with Crippen molar-refractivity contribution in [1.29, 1.82) is 0 Å². The first-order valence-corrected chi connectivity index (χ1v) is 10.7. The van der Waals surface area contributed by atoms with Gasteiger partial charge in [-0.3, -0.25) is 0 Å². The normalized spacial score (nSPS) is 12.2. The molecule has 0 fully saturated rings. The quantitative estimate of drug-likeness (QED) is 0.481. The molecule has 28 heavy (non-hydrogen) atoms. The molecule has 3 rings (SSSR count). The monoisotopic (exact) mass is 399 g/mol. The summed E-state index contributed by atoms with van der Waals surface area (Å²) in [6.07, 6.45) is 1.59. The van der Waals surface area contributed by atoms with Gasteiger partial charge in [0.25, 0.3) is 10.0 Å². The molecule has 0 aliphatic rings. The summed E-state index contributed by atoms with van der Waals surface area (Å²) in [6.45, 7) is 8.75. The smallest absolute Gasteiger partial charge is 0.276 e. The molecule has 0 bridgehead atoms. The van der Waals surface area contributed by atoms with E-state index in [1.807, 2.05) is 45.0 Å². The van der Waals surface area contributed by atoms with Crippen molar-refractivity contribution in [2.45, 2.75) is 45.2 Å². The summed E-state index contributed by atoms with van der Waals surface area (Å²) in [6, 6.07) is 14.3. The molecule has 148 valence electrons. The van der Waals surface area contributed by atoms with Gasteiger partial charge < -0.3 is 9.30 Å².